The summed E-state index contributed by atoms with van der Waals surface area (Å²) in [7, 11) is -3.68. The van der Waals surface area contributed by atoms with E-state index in [1.54, 1.807) is 18.5 Å². The lowest BCUT2D eigenvalue weighted by Gasteiger charge is -2.28. The van der Waals surface area contributed by atoms with Gasteiger partial charge in [0.15, 0.2) is 16.7 Å². The van der Waals surface area contributed by atoms with Crippen LogP contribution in [0, 0.1) is 5.41 Å². The van der Waals surface area contributed by atoms with Crippen LogP contribution in [0.3, 0.4) is 0 Å². The summed E-state index contributed by atoms with van der Waals surface area (Å²) in [5.41, 5.74) is 6.52. The predicted molar refractivity (Wildman–Crippen MR) is 121 cm³/mol. The van der Waals surface area contributed by atoms with Crippen molar-refractivity contribution in [3.05, 3.63) is 47.1 Å². The first-order valence-electron chi connectivity index (χ1n) is 9.42. The number of ketones is 1. The molecule has 0 saturated carbocycles. The highest BCUT2D eigenvalue weighted by Crippen LogP contribution is 2.55. The Hall–Kier alpha value is -2.32. The molecule has 0 radical (unpaired) electrons. The van der Waals surface area contributed by atoms with E-state index in [2.05, 4.69) is 9.97 Å². The third-order valence-corrected chi connectivity index (χ3v) is 7.33. The summed E-state index contributed by atoms with van der Waals surface area (Å²) < 4.78 is 30.5. The van der Waals surface area contributed by atoms with Crippen LogP contribution in [0.25, 0.3) is 11.5 Å². The number of thiazole rings is 1. The van der Waals surface area contributed by atoms with Crippen LogP contribution in [0.2, 0.25) is 0 Å². The number of carbonyl (C=O) groups is 1. The number of rotatable bonds is 4. The lowest BCUT2D eigenvalue weighted by Crippen LogP contribution is -2.20. The monoisotopic (exact) mass is 463 g/mol. The van der Waals surface area contributed by atoms with Crippen LogP contribution in [0.15, 0.2) is 41.1 Å². The maximum absolute atomic E-state index is 13.4. The molecule has 2 atom stereocenters. The molecule has 8 nitrogen and oxygen atoms in total. The molecular weight excluding hydrogens is 437 g/mol. The maximum Gasteiger partial charge on any atom is 0.396 e. The lowest BCUT2D eigenvalue weighted by molar-refractivity contribution is 0.0853. The minimum atomic E-state index is -3.68. The first-order valence-corrected chi connectivity index (χ1v) is 11.8. The molecule has 0 aliphatic carbocycles. The van der Waals surface area contributed by atoms with E-state index < -0.39 is 19.1 Å². The summed E-state index contributed by atoms with van der Waals surface area (Å²) in [6.07, 6.45) is 3.48. The van der Waals surface area contributed by atoms with Gasteiger partial charge in [-0.1, -0.05) is 39.5 Å². The minimum absolute atomic E-state index is 0. The van der Waals surface area contributed by atoms with Crippen LogP contribution in [-0.4, -0.2) is 22.4 Å². The normalized spacial score (nSPS) is 21.5. The van der Waals surface area contributed by atoms with Gasteiger partial charge in [0.2, 0.25) is 5.50 Å². The van der Waals surface area contributed by atoms with Gasteiger partial charge >= 0.3 is 7.60 Å². The van der Waals surface area contributed by atoms with Crippen LogP contribution in [0.1, 0.15) is 56.0 Å². The van der Waals surface area contributed by atoms with Crippen LogP contribution >= 0.6 is 18.9 Å². The summed E-state index contributed by atoms with van der Waals surface area (Å²) in [6, 6.07) is 6.77. The summed E-state index contributed by atoms with van der Waals surface area (Å²) in [5.74, 6) is 0.193. The predicted octanol–water partition coefficient (Wildman–Crippen LogP) is 5.24. The van der Waals surface area contributed by atoms with E-state index in [0.29, 0.717) is 22.8 Å². The van der Waals surface area contributed by atoms with Crippen LogP contribution in [0.5, 0.6) is 0 Å². The molecule has 31 heavy (non-hydrogen) atoms. The third kappa shape index (κ3) is 4.65. The Balaban J connectivity index is 0.00000272. The minimum Gasteiger partial charge on any atom is -0.446 e. The molecule has 1 saturated heterocycles. The van der Waals surface area contributed by atoms with E-state index in [-0.39, 0.29) is 30.4 Å². The summed E-state index contributed by atoms with van der Waals surface area (Å²) in [4.78, 5) is 21.5. The standard InChI is InChI=1S/C20H22N3O5PS.CH4/c1-20(2,3)18(24)17-16(23-19(21)30-17)14-4-5-15(27-14)29(25)26-11-8-13(28-29)12-6-9-22-10-7-12;/h4-7,9-10,13H,8,11H2,1-3H3,(H2,21,23);1H4/t13-,29?;/m0./s1. The molecule has 1 fully saturated rings. The summed E-state index contributed by atoms with van der Waals surface area (Å²) in [6.45, 7) is 5.73. The Labute approximate surface area is 185 Å². The van der Waals surface area contributed by atoms with Crippen molar-refractivity contribution in [3.63, 3.8) is 0 Å². The van der Waals surface area contributed by atoms with Crippen molar-refractivity contribution in [2.24, 2.45) is 5.41 Å². The second-order valence-corrected chi connectivity index (χ2v) is 10.9. The highest BCUT2D eigenvalue weighted by Gasteiger charge is 2.40. The number of Topliss-reactive ketones (excluding diaryl/α,β-unsaturated/α-hetero) is 1. The van der Waals surface area contributed by atoms with Crippen molar-refractivity contribution in [2.45, 2.75) is 40.7 Å². The molecular formula is C21H26N3O5PS. The molecule has 4 rings (SSSR count). The van der Waals surface area contributed by atoms with Crippen molar-refractivity contribution < 1.29 is 22.8 Å². The average Bonchev–Trinajstić information content (AvgIpc) is 3.34. The Kier molecular flexibility index (Phi) is 6.53. The number of hydrogen-bond acceptors (Lipinski definition) is 9. The quantitative estimate of drug-likeness (QED) is 0.412. The van der Waals surface area contributed by atoms with Gasteiger partial charge in [-0.2, -0.15) is 0 Å². The smallest absolute Gasteiger partial charge is 0.396 e. The average molecular weight is 463 g/mol. The number of anilines is 1. The van der Waals surface area contributed by atoms with E-state index in [4.69, 9.17) is 19.2 Å². The molecule has 3 aromatic heterocycles. The van der Waals surface area contributed by atoms with Crippen molar-refractivity contribution in [2.75, 3.05) is 12.3 Å². The van der Waals surface area contributed by atoms with Crippen molar-refractivity contribution >= 4 is 35.3 Å². The van der Waals surface area contributed by atoms with Gasteiger partial charge in [-0.3, -0.25) is 18.9 Å². The topological polar surface area (TPSA) is 118 Å². The van der Waals surface area contributed by atoms with E-state index >= 15 is 0 Å². The van der Waals surface area contributed by atoms with Gasteiger partial charge in [-0.15, -0.1) is 0 Å². The Morgan fingerprint density at radius 1 is 1.23 bits per heavy atom. The molecule has 10 heteroatoms. The van der Waals surface area contributed by atoms with Crippen LogP contribution < -0.4 is 11.2 Å². The number of nitrogens with zero attached hydrogens (tertiary/aromatic N) is 2. The van der Waals surface area contributed by atoms with Gasteiger partial charge < -0.3 is 14.7 Å². The van der Waals surface area contributed by atoms with Crippen molar-refractivity contribution in [3.8, 4) is 11.5 Å². The number of pyridine rings is 1. The molecule has 1 aliphatic rings. The zero-order valence-corrected chi connectivity index (χ0v) is 18.5. The van der Waals surface area contributed by atoms with Gasteiger partial charge in [0.25, 0.3) is 0 Å². The molecule has 1 unspecified atom stereocenters. The molecule has 0 amide bonds. The Morgan fingerprint density at radius 2 is 1.94 bits per heavy atom. The Morgan fingerprint density at radius 3 is 2.61 bits per heavy atom. The molecule has 0 bridgehead atoms. The van der Waals surface area contributed by atoms with E-state index in [9.17, 15) is 9.36 Å². The maximum atomic E-state index is 13.4. The fourth-order valence-electron chi connectivity index (χ4n) is 3.05. The molecule has 166 valence electrons. The molecule has 4 heterocycles. The molecule has 3 aromatic rings. The zero-order valence-electron chi connectivity index (χ0n) is 16.8. The van der Waals surface area contributed by atoms with E-state index in [1.807, 2.05) is 32.9 Å². The van der Waals surface area contributed by atoms with Crippen LogP contribution in [-0.2, 0) is 13.6 Å². The summed E-state index contributed by atoms with van der Waals surface area (Å²) >= 11 is 1.11. The van der Waals surface area contributed by atoms with Crippen molar-refractivity contribution in [1.82, 2.24) is 9.97 Å². The number of nitrogen functional groups attached to an aromatic ring is 1. The number of nitrogens with two attached hydrogens (primary N) is 1. The zero-order chi connectivity index (χ0) is 21.5. The second kappa shape index (κ2) is 8.67. The largest absolute Gasteiger partial charge is 0.446 e. The fourth-order valence-corrected chi connectivity index (χ4v) is 5.71. The second-order valence-electron chi connectivity index (χ2n) is 7.94. The molecule has 1 aliphatic heterocycles. The Bertz CT molecular complexity index is 1120. The molecule has 0 aromatic carbocycles. The van der Waals surface area contributed by atoms with Gasteiger partial charge in [-0.05, 0) is 29.8 Å². The number of furan rings is 1. The van der Waals surface area contributed by atoms with Crippen LogP contribution in [0.4, 0.5) is 5.13 Å². The first kappa shape index (κ1) is 23.3. The highest BCUT2D eigenvalue weighted by atomic mass is 32.1. The number of hydrogen-bond donors (Lipinski definition) is 1. The molecule has 0 spiro atoms. The van der Waals surface area contributed by atoms with Gasteiger partial charge in [0.1, 0.15) is 10.6 Å². The third-order valence-electron chi connectivity index (χ3n) is 4.61. The van der Waals surface area contributed by atoms with Gasteiger partial charge in [0, 0.05) is 24.2 Å². The highest BCUT2D eigenvalue weighted by molar-refractivity contribution is 7.61. The van der Waals surface area contributed by atoms with E-state index in [0.717, 1.165) is 16.9 Å². The summed E-state index contributed by atoms with van der Waals surface area (Å²) in [5, 5.41) is 0.255. The number of carbonyl (C=O) groups excluding carboxylic acids is 1. The fraction of sp³-hybridized carbons (Fsp3) is 0.381. The molecule has 2 N–H and O–H groups in total. The van der Waals surface area contributed by atoms with Gasteiger partial charge in [0.05, 0.1) is 12.7 Å². The number of aromatic nitrogens is 2. The van der Waals surface area contributed by atoms with Gasteiger partial charge in [-0.25, -0.2) is 4.98 Å². The van der Waals surface area contributed by atoms with E-state index in [1.165, 1.54) is 6.07 Å². The first-order chi connectivity index (χ1) is 14.2. The lowest BCUT2D eigenvalue weighted by atomic mass is 9.89. The van der Waals surface area contributed by atoms with Crippen molar-refractivity contribution in [1.29, 1.82) is 0 Å². The SMILES string of the molecule is C.CC(C)(C)C(=O)c1sc(N)nc1-c1ccc(P2(=O)OCC[C@@H](c3ccncc3)O2)o1.